The maximum Gasteiger partial charge on any atom is 0.329 e. The predicted molar refractivity (Wildman–Crippen MR) is 75.6 cm³/mol. The van der Waals surface area contributed by atoms with Crippen LogP contribution in [-0.2, 0) is 9.53 Å². The molecule has 1 aromatic rings. The highest BCUT2D eigenvalue weighted by atomic mass is 32.2. The van der Waals surface area contributed by atoms with Crippen LogP contribution in [0.4, 0.5) is 4.39 Å². The molecule has 110 valence electrons. The van der Waals surface area contributed by atoms with Gasteiger partial charge in [-0.1, -0.05) is 12.1 Å². The quantitative estimate of drug-likeness (QED) is 0.781. The number of halogens is 1. The van der Waals surface area contributed by atoms with E-state index in [4.69, 9.17) is 9.84 Å². The first-order valence-electron chi connectivity index (χ1n) is 6.44. The van der Waals surface area contributed by atoms with E-state index in [-0.39, 0.29) is 18.0 Å². The molecule has 0 aromatic heterocycles. The lowest BCUT2D eigenvalue weighted by molar-refractivity contribution is -0.164. The Hall–Kier alpha value is -1.11. The van der Waals surface area contributed by atoms with Crippen LogP contribution in [0.5, 0.6) is 0 Å². The van der Waals surface area contributed by atoms with E-state index >= 15 is 0 Å². The average Bonchev–Trinajstić information content (AvgIpc) is 2.36. The fraction of sp³-hybridized carbons (Fsp3) is 0.500. The molecule has 0 bridgehead atoms. The van der Waals surface area contributed by atoms with Crippen molar-refractivity contribution in [2.45, 2.75) is 17.4 Å². The fourth-order valence-corrected chi connectivity index (χ4v) is 3.18. The molecule has 20 heavy (non-hydrogen) atoms. The number of ether oxygens (including phenoxy) is 1. The second-order valence-electron chi connectivity index (χ2n) is 5.12. The smallest absolute Gasteiger partial charge is 0.329 e. The van der Waals surface area contributed by atoms with E-state index in [0.29, 0.717) is 4.90 Å². The van der Waals surface area contributed by atoms with Crippen molar-refractivity contribution >= 4 is 17.7 Å². The molecule has 0 aliphatic carbocycles. The summed E-state index contributed by atoms with van der Waals surface area (Å²) in [5.41, 5.74) is -0.360. The zero-order chi connectivity index (χ0) is 14.6. The zero-order valence-corrected chi connectivity index (χ0v) is 12.2. The molecule has 0 amide bonds. The number of thioether (sulfide) groups is 1. The average molecular weight is 299 g/mol. The van der Waals surface area contributed by atoms with Gasteiger partial charge in [0, 0.05) is 30.3 Å². The van der Waals surface area contributed by atoms with Crippen LogP contribution in [0.3, 0.4) is 0 Å². The number of carboxylic acids is 1. The number of aliphatic carboxylic acids is 1. The Morgan fingerprint density at radius 3 is 2.85 bits per heavy atom. The summed E-state index contributed by atoms with van der Waals surface area (Å²) in [6, 6.07) is 6.74. The van der Waals surface area contributed by atoms with Crippen LogP contribution in [0.2, 0.25) is 0 Å². The maximum atomic E-state index is 13.4. The summed E-state index contributed by atoms with van der Waals surface area (Å²) in [6.45, 7) is 3.94. The van der Waals surface area contributed by atoms with Gasteiger partial charge in [0.25, 0.3) is 0 Å². The molecule has 1 fully saturated rings. The molecule has 1 aromatic carbocycles. The van der Waals surface area contributed by atoms with Gasteiger partial charge >= 0.3 is 5.97 Å². The minimum atomic E-state index is -0.945. The Labute approximate surface area is 121 Å². The first kappa shape index (κ1) is 15.3. The molecule has 1 aliphatic heterocycles. The SMILES string of the molecule is CC1(OCC(=O)O)CN(CCSc2ccccc2F)C1. The molecule has 1 heterocycles. The third-order valence-corrected chi connectivity index (χ3v) is 4.19. The summed E-state index contributed by atoms with van der Waals surface area (Å²) in [7, 11) is 0. The van der Waals surface area contributed by atoms with E-state index < -0.39 is 5.97 Å². The number of hydrogen-bond acceptors (Lipinski definition) is 4. The van der Waals surface area contributed by atoms with Gasteiger partial charge in [0.15, 0.2) is 0 Å². The van der Waals surface area contributed by atoms with Crippen molar-refractivity contribution in [1.29, 1.82) is 0 Å². The van der Waals surface area contributed by atoms with Crippen molar-refractivity contribution in [3.05, 3.63) is 30.1 Å². The Balaban J connectivity index is 1.65. The minimum Gasteiger partial charge on any atom is -0.480 e. The van der Waals surface area contributed by atoms with Crippen LogP contribution in [0.1, 0.15) is 6.92 Å². The molecule has 0 saturated carbocycles. The van der Waals surface area contributed by atoms with Crippen LogP contribution < -0.4 is 0 Å². The number of hydrogen-bond donors (Lipinski definition) is 1. The summed E-state index contributed by atoms with van der Waals surface area (Å²) in [5, 5.41) is 8.58. The summed E-state index contributed by atoms with van der Waals surface area (Å²) < 4.78 is 18.7. The van der Waals surface area contributed by atoms with E-state index in [0.717, 1.165) is 25.4 Å². The molecule has 2 rings (SSSR count). The summed E-state index contributed by atoms with van der Waals surface area (Å²) in [4.78, 5) is 13.3. The maximum absolute atomic E-state index is 13.4. The number of nitrogens with zero attached hydrogens (tertiary/aromatic N) is 1. The molecule has 1 saturated heterocycles. The number of likely N-dealkylation sites (tertiary alicyclic amines) is 1. The summed E-state index contributed by atoms with van der Waals surface area (Å²) in [6.07, 6.45) is 0. The lowest BCUT2D eigenvalue weighted by atomic mass is 9.97. The van der Waals surface area contributed by atoms with Crippen molar-refractivity contribution in [2.75, 3.05) is 32.0 Å². The van der Waals surface area contributed by atoms with Crippen LogP contribution in [-0.4, -0.2) is 53.6 Å². The van der Waals surface area contributed by atoms with Crippen LogP contribution >= 0.6 is 11.8 Å². The highest BCUT2D eigenvalue weighted by Crippen LogP contribution is 2.26. The minimum absolute atomic E-state index is 0.185. The van der Waals surface area contributed by atoms with Crippen LogP contribution in [0.15, 0.2) is 29.2 Å². The third kappa shape index (κ3) is 4.19. The lowest BCUT2D eigenvalue weighted by Crippen LogP contribution is -2.62. The molecule has 1 aliphatic rings. The van der Waals surface area contributed by atoms with E-state index in [9.17, 15) is 9.18 Å². The molecule has 4 nitrogen and oxygen atoms in total. The normalized spacial score (nSPS) is 17.7. The Morgan fingerprint density at radius 1 is 1.50 bits per heavy atom. The highest BCUT2D eigenvalue weighted by Gasteiger charge is 2.39. The van der Waals surface area contributed by atoms with E-state index in [1.165, 1.54) is 17.8 Å². The molecular weight excluding hydrogens is 281 g/mol. The van der Waals surface area contributed by atoms with Crippen LogP contribution in [0, 0.1) is 5.82 Å². The number of rotatable bonds is 7. The van der Waals surface area contributed by atoms with Gasteiger partial charge in [-0.25, -0.2) is 9.18 Å². The van der Waals surface area contributed by atoms with Gasteiger partial charge in [-0.15, -0.1) is 11.8 Å². The van der Waals surface area contributed by atoms with Crippen LogP contribution in [0.25, 0.3) is 0 Å². The van der Waals surface area contributed by atoms with Crippen molar-refractivity contribution in [3.8, 4) is 0 Å². The molecule has 6 heteroatoms. The van der Waals surface area contributed by atoms with E-state index in [1.807, 2.05) is 13.0 Å². The van der Waals surface area contributed by atoms with Gasteiger partial charge in [0.2, 0.25) is 0 Å². The Bertz CT molecular complexity index is 477. The van der Waals surface area contributed by atoms with Crippen molar-refractivity contribution < 1.29 is 19.0 Å². The first-order chi connectivity index (χ1) is 9.48. The van der Waals surface area contributed by atoms with Crippen molar-refractivity contribution in [3.63, 3.8) is 0 Å². The van der Waals surface area contributed by atoms with Crippen molar-refractivity contribution in [2.24, 2.45) is 0 Å². The Morgan fingerprint density at radius 2 is 2.20 bits per heavy atom. The molecule has 0 atom stereocenters. The van der Waals surface area contributed by atoms with Gasteiger partial charge in [-0.3, -0.25) is 4.90 Å². The van der Waals surface area contributed by atoms with Gasteiger partial charge in [-0.05, 0) is 19.1 Å². The molecular formula is C14H18FNO3S. The van der Waals surface area contributed by atoms with Gasteiger partial charge < -0.3 is 9.84 Å². The topological polar surface area (TPSA) is 49.8 Å². The highest BCUT2D eigenvalue weighted by molar-refractivity contribution is 7.99. The first-order valence-corrected chi connectivity index (χ1v) is 7.42. The van der Waals surface area contributed by atoms with E-state index in [1.54, 1.807) is 12.1 Å². The van der Waals surface area contributed by atoms with Gasteiger partial charge in [0.05, 0.1) is 5.60 Å². The van der Waals surface area contributed by atoms with E-state index in [2.05, 4.69) is 4.90 Å². The van der Waals surface area contributed by atoms with Crippen molar-refractivity contribution in [1.82, 2.24) is 4.90 Å². The van der Waals surface area contributed by atoms with Gasteiger partial charge in [-0.2, -0.15) is 0 Å². The second kappa shape index (κ2) is 6.56. The standard InChI is InChI=1S/C14H18FNO3S/c1-14(19-8-13(17)18)9-16(10-14)6-7-20-12-5-3-2-4-11(12)15/h2-5H,6-10H2,1H3,(H,17,18). The number of benzene rings is 1. The molecule has 0 radical (unpaired) electrons. The molecule has 0 spiro atoms. The second-order valence-corrected chi connectivity index (χ2v) is 6.26. The summed E-state index contributed by atoms with van der Waals surface area (Å²) in [5.74, 6) is -0.328. The monoisotopic (exact) mass is 299 g/mol. The largest absolute Gasteiger partial charge is 0.480 e. The van der Waals surface area contributed by atoms with Gasteiger partial charge in [0.1, 0.15) is 12.4 Å². The fourth-order valence-electron chi connectivity index (χ4n) is 2.23. The number of carbonyl (C=O) groups is 1. The Kier molecular flexibility index (Phi) is 5.01. The lowest BCUT2D eigenvalue weighted by Gasteiger charge is -2.47. The predicted octanol–water partition coefficient (Wildman–Crippen LogP) is 2.09. The zero-order valence-electron chi connectivity index (χ0n) is 11.3. The number of carboxylic acid groups (broad SMARTS) is 1. The third-order valence-electron chi connectivity index (χ3n) is 3.16. The molecule has 1 N–H and O–H groups in total. The summed E-state index contributed by atoms with van der Waals surface area (Å²) >= 11 is 1.49. The molecule has 0 unspecified atom stereocenters.